The molecule has 23 heavy (non-hydrogen) atoms. The first-order valence-corrected chi connectivity index (χ1v) is 9.30. The number of carbonyl (C=O) groups excluding carboxylic acids is 1. The van der Waals surface area contributed by atoms with Crippen LogP contribution in [0.5, 0.6) is 5.75 Å². The number of hydrogen-bond donors (Lipinski definition) is 1. The minimum absolute atomic E-state index is 0.308. The van der Waals surface area contributed by atoms with Crippen LogP contribution < -0.4 is 0 Å². The van der Waals surface area contributed by atoms with Gasteiger partial charge in [0.2, 0.25) is 5.91 Å². The van der Waals surface area contributed by atoms with Gasteiger partial charge in [-0.1, -0.05) is 31.4 Å². The molecule has 1 aromatic carbocycles. The molecule has 1 aliphatic carbocycles. The van der Waals surface area contributed by atoms with Crippen LogP contribution in [0.3, 0.4) is 0 Å². The zero-order valence-electron chi connectivity index (χ0n) is 14.0. The molecule has 1 aliphatic heterocycles. The van der Waals surface area contributed by atoms with Gasteiger partial charge in [0.25, 0.3) is 0 Å². The highest BCUT2D eigenvalue weighted by atomic mass is 16.3. The van der Waals surface area contributed by atoms with Gasteiger partial charge >= 0.3 is 0 Å². The van der Waals surface area contributed by atoms with E-state index in [1.165, 1.54) is 44.1 Å². The molecule has 0 spiro atoms. The number of rotatable bonds is 4. The molecule has 3 nitrogen and oxygen atoms in total. The Labute approximate surface area is 139 Å². The molecule has 1 heterocycles. The lowest BCUT2D eigenvalue weighted by molar-refractivity contribution is -0.136. The molecule has 3 heteroatoms. The quantitative estimate of drug-likeness (QED) is 0.900. The van der Waals surface area contributed by atoms with E-state index in [9.17, 15) is 9.90 Å². The van der Waals surface area contributed by atoms with E-state index >= 15 is 0 Å². The summed E-state index contributed by atoms with van der Waals surface area (Å²) in [7, 11) is 0. The summed E-state index contributed by atoms with van der Waals surface area (Å²) in [5, 5.41) is 9.42. The van der Waals surface area contributed by atoms with Gasteiger partial charge in [0.05, 0.1) is 0 Å². The molecule has 1 saturated heterocycles. The number of piperidine rings is 1. The summed E-state index contributed by atoms with van der Waals surface area (Å²) < 4.78 is 0. The normalized spacial score (nSPS) is 23.0. The van der Waals surface area contributed by atoms with Gasteiger partial charge < -0.3 is 10.0 Å². The van der Waals surface area contributed by atoms with Gasteiger partial charge in [0.15, 0.2) is 0 Å². The second-order valence-corrected chi connectivity index (χ2v) is 7.32. The molecule has 0 bridgehead atoms. The first-order valence-electron chi connectivity index (χ1n) is 9.30. The molecule has 3 rings (SSSR count). The van der Waals surface area contributed by atoms with Gasteiger partial charge in [-0.3, -0.25) is 4.79 Å². The summed E-state index contributed by atoms with van der Waals surface area (Å²) in [6.07, 6.45) is 11.6. The van der Waals surface area contributed by atoms with Crippen molar-refractivity contribution in [2.75, 3.05) is 6.54 Å². The van der Waals surface area contributed by atoms with Crippen molar-refractivity contribution < 1.29 is 9.90 Å². The summed E-state index contributed by atoms with van der Waals surface area (Å²) in [6.45, 7) is 0.925. The van der Waals surface area contributed by atoms with Crippen LogP contribution in [0.1, 0.15) is 63.4 Å². The highest BCUT2D eigenvalue weighted by molar-refractivity contribution is 5.77. The van der Waals surface area contributed by atoms with Crippen molar-refractivity contribution in [3.63, 3.8) is 0 Å². The average molecular weight is 315 g/mol. The fourth-order valence-corrected chi connectivity index (χ4v) is 4.20. The van der Waals surface area contributed by atoms with E-state index in [0.717, 1.165) is 32.2 Å². The molecule has 1 saturated carbocycles. The topological polar surface area (TPSA) is 40.5 Å². The SMILES string of the molecule is O=C(CC1CCCCC1)N1CCCCC1Cc1ccc(O)cc1. The number of phenols is 1. The smallest absolute Gasteiger partial charge is 0.223 e. The van der Waals surface area contributed by atoms with E-state index in [0.29, 0.717) is 23.6 Å². The second kappa shape index (κ2) is 7.85. The van der Waals surface area contributed by atoms with Crippen LogP contribution in [0.15, 0.2) is 24.3 Å². The number of benzene rings is 1. The summed E-state index contributed by atoms with van der Waals surface area (Å²) in [6, 6.07) is 7.78. The van der Waals surface area contributed by atoms with Gasteiger partial charge in [0.1, 0.15) is 5.75 Å². The number of likely N-dealkylation sites (tertiary alicyclic amines) is 1. The molecule has 126 valence electrons. The molecule has 0 aromatic heterocycles. The molecule has 1 N–H and O–H groups in total. The monoisotopic (exact) mass is 315 g/mol. The van der Waals surface area contributed by atoms with Crippen LogP contribution in [0.25, 0.3) is 0 Å². The molecular formula is C20H29NO2. The first kappa shape index (κ1) is 16.4. The number of nitrogens with zero attached hydrogens (tertiary/aromatic N) is 1. The second-order valence-electron chi connectivity index (χ2n) is 7.32. The van der Waals surface area contributed by atoms with E-state index in [4.69, 9.17) is 0 Å². The number of carbonyl (C=O) groups is 1. The third-order valence-electron chi connectivity index (χ3n) is 5.54. The number of amides is 1. The summed E-state index contributed by atoms with van der Waals surface area (Å²) >= 11 is 0. The third kappa shape index (κ3) is 4.49. The highest BCUT2D eigenvalue weighted by Crippen LogP contribution is 2.29. The fraction of sp³-hybridized carbons (Fsp3) is 0.650. The molecular weight excluding hydrogens is 286 g/mol. The van der Waals surface area contributed by atoms with Crippen molar-refractivity contribution in [1.29, 1.82) is 0 Å². The predicted octanol–water partition coefficient (Wildman–Crippen LogP) is 4.29. The predicted molar refractivity (Wildman–Crippen MR) is 92.4 cm³/mol. The van der Waals surface area contributed by atoms with Crippen LogP contribution in [0, 0.1) is 5.92 Å². The minimum atomic E-state index is 0.308. The van der Waals surface area contributed by atoms with Gasteiger partial charge in [-0.25, -0.2) is 0 Å². The van der Waals surface area contributed by atoms with Crippen LogP contribution in [0.2, 0.25) is 0 Å². The number of hydrogen-bond acceptors (Lipinski definition) is 2. The molecule has 1 atom stereocenters. The van der Waals surface area contributed by atoms with Crippen LogP contribution >= 0.6 is 0 Å². The van der Waals surface area contributed by atoms with Crippen LogP contribution in [-0.2, 0) is 11.2 Å². The third-order valence-corrected chi connectivity index (χ3v) is 5.54. The maximum absolute atomic E-state index is 12.8. The molecule has 2 fully saturated rings. The van der Waals surface area contributed by atoms with Crippen molar-refractivity contribution in [1.82, 2.24) is 4.90 Å². The van der Waals surface area contributed by atoms with Crippen LogP contribution in [-0.4, -0.2) is 28.5 Å². The highest BCUT2D eigenvalue weighted by Gasteiger charge is 2.28. The summed E-state index contributed by atoms with van der Waals surface area (Å²) in [5.74, 6) is 1.30. The Morgan fingerprint density at radius 2 is 1.70 bits per heavy atom. The zero-order chi connectivity index (χ0) is 16.1. The van der Waals surface area contributed by atoms with E-state index < -0.39 is 0 Å². The van der Waals surface area contributed by atoms with E-state index in [1.54, 1.807) is 12.1 Å². The molecule has 2 aliphatic rings. The van der Waals surface area contributed by atoms with Crippen LogP contribution in [0.4, 0.5) is 0 Å². The average Bonchev–Trinajstić information content (AvgIpc) is 2.58. The molecule has 1 amide bonds. The van der Waals surface area contributed by atoms with Crippen molar-refractivity contribution in [2.24, 2.45) is 5.92 Å². The van der Waals surface area contributed by atoms with E-state index in [1.807, 2.05) is 12.1 Å². The van der Waals surface area contributed by atoms with Gasteiger partial charge in [0, 0.05) is 19.0 Å². The van der Waals surface area contributed by atoms with Crippen molar-refractivity contribution in [2.45, 2.75) is 70.3 Å². The Balaban J connectivity index is 1.60. The van der Waals surface area contributed by atoms with E-state index in [-0.39, 0.29) is 0 Å². The van der Waals surface area contributed by atoms with E-state index in [2.05, 4.69) is 4.90 Å². The zero-order valence-corrected chi connectivity index (χ0v) is 14.0. The minimum Gasteiger partial charge on any atom is -0.508 e. The largest absolute Gasteiger partial charge is 0.508 e. The molecule has 1 aromatic rings. The number of aromatic hydroxyl groups is 1. The molecule has 0 radical (unpaired) electrons. The Bertz CT molecular complexity index is 505. The number of phenolic OH excluding ortho intramolecular Hbond substituents is 1. The lowest BCUT2D eigenvalue weighted by Gasteiger charge is -2.37. The Morgan fingerprint density at radius 1 is 1.00 bits per heavy atom. The van der Waals surface area contributed by atoms with Gasteiger partial charge in [-0.2, -0.15) is 0 Å². The lowest BCUT2D eigenvalue weighted by Crippen LogP contribution is -2.45. The standard InChI is InChI=1S/C20H29NO2/c22-19-11-9-17(10-12-19)14-18-8-4-5-13-21(18)20(23)15-16-6-2-1-3-7-16/h9-12,16,18,22H,1-8,13-15H2. The van der Waals surface area contributed by atoms with Crippen molar-refractivity contribution in [3.8, 4) is 5.75 Å². The maximum Gasteiger partial charge on any atom is 0.223 e. The van der Waals surface area contributed by atoms with Crippen molar-refractivity contribution >= 4 is 5.91 Å². The van der Waals surface area contributed by atoms with Crippen molar-refractivity contribution in [3.05, 3.63) is 29.8 Å². The Morgan fingerprint density at radius 3 is 2.43 bits per heavy atom. The summed E-state index contributed by atoms with van der Waals surface area (Å²) in [5.41, 5.74) is 1.21. The maximum atomic E-state index is 12.8. The van der Waals surface area contributed by atoms with Gasteiger partial charge in [-0.05, 0) is 62.1 Å². The Hall–Kier alpha value is -1.51. The lowest BCUT2D eigenvalue weighted by atomic mass is 9.86. The summed E-state index contributed by atoms with van der Waals surface area (Å²) in [4.78, 5) is 15.0. The first-order chi connectivity index (χ1) is 11.2. The van der Waals surface area contributed by atoms with Gasteiger partial charge in [-0.15, -0.1) is 0 Å². The fourth-order valence-electron chi connectivity index (χ4n) is 4.20. The molecule has 1 unspecified atom stereocenters. The Kier molecular flexibility index (Phi) is 5.58.